The second-order valence-electron chi connectivity index (χ2n) is 7.85. The maximum Gasteiger partial charge on any atom is 0.328 e. The minimum atomic E-state index is -0.457. The van der Waals surface area contributed by atoms with E-state index >= 15 is 0 Å². The minimum Gasteiger partial charge on any atom is -0.467 e. The van der Waals surface area contributed by atoms with Crippen LogP contribution in [0, 0.1) is 5.92 Å². The second kappa shape index (κ2) is 7.33. The molecule has 1 saturated heterocycles. The van der Waals surface area contributed by atoms with Gasteiger partial charge in [-0.3, -0.25) is 9.80 Å². The molecule has 27 heavy (non-hydrogen) atoms. The van der Waals surface area contributed by atoms with Gasteiger partial charge in [0.2, 0.25) is 0 Å². The summed E-state index contributed by atoms with van der Waals surface area (Å²) in [7, 11) is 1.40. The molecule has 2 fully saturated rings. The summed E-state index contributed by atoms with van der Waals surface area (Å²) in [6.07, 6.45) is 6.06. The number of nitrogens with zero attached hydrogens (tertiary/aromatic N) is 3. The van der Waals surface area contributed by atoms with E-state index < -0.39 is 6.04 Å². The summed E-state index contributed by atoms with van der Waals surface area (Å²) in [6, 6.07) is 7.28. The van der Waals surface area contributed by atoms with E-state index in [-0.39, 0.29) is 17.9 Å². The van der Waals surface area contributed by atoms with Crippen LogP contribution >= 0.6 is 0 Å². The van der Waals surface area contributed by atoms with E-state index in [1.807, 2.05) is 41.1 Å². The normalized spacial score (nSPS) is 27.3. The summed E-state index contributed by atoms with van der Waals surface area (Å²) in [5.41, 5.74) is 2.74. The Balaban J connectivity index is 1.57. The number of hydrogen-bond donors (Lipinski definition) is 0. The number of esters is 1. The average Bonchev–Trinajstić information content (AvgIpc) is 3.30. The molecule has 2 aliphatic heterocycles. The Kier molecular flexibility index (Phi) is 4.89. The van der Waals surface area contributed by atoms with Crippen LogP contribution < -0.4 is 5.01 Å². The number of anilines is 1. The van der Waals surface area contributed by atoms with Crippen LogP contribution in [0.15, 0.2) is 29.4 Å². The number of fused-ring (bicyclic) bond motifs is 1. The van der Waals surface area contributed by atoms with Gasteiger partial charge in [0.1, 0.15) is 6.04 Å². The molecular formula is C21H27N3O3. The highest BCUT2D eigenvalue weighted by molar-refractivity contribution is 5.98. The van der Waals surface area contributed by atoms with Crippen molar-refractivity contribution in [3.63, 3.8) is 0 Å². The van der Waals surface area contributed by atoms with Gasteiger partial charge in [-0.05, 0) is 56.4 Å². The van der Waals surface area contributed by atoms with E-state index in [4.69, 9.17) is 4.74 Å². The van der Waals surface area contributed by atoms with Crippen LogP contribution in [-0.4, -0.2) is 48.2 Å². The molecule has 0 unspecified atom stereocenters. The highest BCUT2D eigenvalue weighted by Crippen LogP contribution is 2.41. The molecule has 0 bridgehead atoms. The van der Waals surface area contributed by atoms with E-state index in [2.05, 4.69) is 5.10 Å². The zero-order valence-corrected chi connectivity index (χ0v) is 16.1. The van der Waals surface area contributed by atoms with Crippen LogP contribution in [-0.2, 0) is 9.53 Å². The maximum atomic E-state index is 13.3. The summed E-state index contributed by atoms with van der Waals surface area (Å²) in [5, 5.41) is 6.47. The first-order chi connectivity index (χ1) is 13.1. The molecule has 1 aliphatic carbocycles. The largest absolute Gasteiger partial charge is 0.467 e. The molecule has 3 aliphatic rings. The Hall–Kier alpha value is -2.37. The van der Waals surface area contributed by atoms with Crippen molar-refractivity contribution in [3.8, 4) is 0 Å². The van der Waals surface area contributed by atoms with Crippen molar-refractivity contribution in [2.45, 2.75) is 57.5 Å². The number of hydrazone groups is 1. The first-order valence-electron chi connectivity index (χ1n) is 9.90. The minimum absolute atomic E-state index is 0.0625. The number of benzene rings is 1. The highest BCUT2D eigenvalue weighted by Gasteiger charge is 2.48. The topological polar surface area (TPSA) is 62.2 Å². The lowest BCUT2D eigenvalue weighted by Gasteiger charge is -2.33. The lowest BCUT2D eigenvalue weighted by atomic mass is 9.84. The Morgan fingerprint density at radius 2 is 1.89 bits per heavy atom. The molecular weight excluding hydrogens is 342 g/mol. The Labute approximate surface area is 160 Å². The first-order valence-corrected chi connectivity index (χ1v) is 9.90. The van der Waals surface area contributed by atoms with Crippen LogP contribution in [0.4, 0.5) is 5.69 Å². The average molecular weight is 369 g/mol. The van der Waals surface area contributed by atoms with E-state index in [9.17, 15) is 9.59 Å². The molecule has 0 radical (unpaired) electrons. The van der Waals surface area contributed by atoms with Crippen molar-refractivity contribution in [3.05, 3.63) is 29.8 Å². The number of ether oxygens (including phenoxy) is 1. The standard InChI is InChI=1S/C21H27N3O3/c1-14-11-12-23(22-14)17-9-7-15(8-10-17)20(25)24-18-6-4-3-5-16(18)13-19(24)21(26)27-2/h7-10,16,18-19H,3-6,11-13H2,1-2H3/t16-,18+,19+/m1/s1. The van der Waals surface area contributed by atoms with Gasteiger partial charge < -0.3 is 9.64 Å². The summed E-state index contributed by atoms with van der Waals surface area (Å²) in [4.78, 5) is 27.4. The van der Waals surface area contributed by atoms with Gasteiger partial charge >= 0.3 is 5.97 Å². The number of carbonyl (C=O) groups is 2. The van der Waals surface area contributed by atoms with Crippen molar-refractivity contribution in [1.29, 1.82) is 0 Å². The molecule has 1 aromatic carbocycles. The van der Waals surface area contributed by atoms with Crippen LogP contribution in [0.1, 0.15) is 55.8 Å². The van der Waals surface area contributed by atoms with Gasteiger partial charge in [-0.1, -0.05) is 12.8 Å². The molecule has 2 heterocycles. The molecule has 0 aromatic heterocycles. The molecule has 4 rings (SSSR count). The number of carbonyl (C=O) groups excluding carboxylic acids is 2. The van der Waals surface area contributed by atoms with Gasteiger partial charge in [0, 0.05) is 30.3 Å². The van der Waals surface area contributed by atoms with E-state index in [1.54, 1.807) is 0 Å². The fourth-order valence-corrected chi connectivity index (χ4v) is 4.78. The molecule has 6 heteroatoms. The summed E-state index contributed by atoms with van der Waals surface area (Å²) in [6.45, 7) is 2.90. The van der Waals surface area contributed by atoms with Gasteiger partial charge in [-0.25, -0.2) is 4.79 Å². The summed E-state index contributed by atoms with van der Waals surface area (Å²) >= 11 is 0. The molecule has 1 aromatic rings. The SMILES string of the molecule is COC(=O)[C@@H]1C[C@H]2CCCC[C@@H]2N1C(=O)c1ccc(N2CCC(C)=N2)cc1. The number of likely N-dealkylation sites (tertiary alicyclic amines) is 1. The van der Waals surface area contributed by atoms with Crippen molar-refractivity contribution in [1.82, 2.24) is 4.90 Å². The highest BCUT2D eigenvalue weighted by atomic mass is 16.5. The Morgan fingerprint density at radius 3 is 2.56 bits per heavy atom. The molecule has 0 spiro atoms. The number of amides is 1. The Bertz CT molecular complexity index is 758. The van der Waals surface area contributed by atoms with Gasteiger partial charge in [-0.2, -0.15) is 5.10 Å². The third-order valence-electron chi connectivity index (χ3n) is 6.18. The molecule has 6 nitrogen and oxygen atoms in total. The van der Waals surface area contributed by atoms with Gasteiger partial charge in [0.05, 0.1) is 12.8 Å². The van der Waals surface area contributed by atoms with E-state index in [0.717, 1.165) is 50.0 Å². The Morgan fingerprint density at radius 1 is 1.15 bits per heavy atom. The molecule has 0 N–H and O–H groups in total. The van der Waals surface area contributed by atoms with E-state index in [1.165, 1.54) is 13.5 Å². The molecule has 1 saturated carbocycles. The summed E-state index contributed by atoms with van der Waals surface area (Å²) < 4.78 is 5.00. The fourth-order valence-electron chi connectivity index (χ4n) is 4.78. The molecule has 144 valence electrons. The summed E-state index contributed by atoms with van der Waals surface area (Å²) in [5.74, 6) is 0.0525. The maximum absolute atomic E-state index is 13.3. The third kappa shape index (κ3) is 3.33. The lowest BCUT2D eigenvalue weighted by molar-refractivity contribution is -0.145. The molecule has 1 amide bonds. The van der Waals surface area contributed by atoms with Gasteiger partial charge in [0.15, 0.2) is 0 Å². The number of rotatable bonds is 3. The van der Waals surface area contributed by atoms with Crippen molar-refractivity contribution in [2.75, 3.05) is 18.7 Å². The second-order valence-corrected chi connectivity index (χ2v) is 7.85. The van der Waals surface area contributed by atoms with Crippen LogP contribution in [0.3, 0.4) is 0 Å². The quantitative estimate of drug-likeness (QED) is 0.768. The zero-order chi connectivity index (χ0) is 19.0. The van der Waals surface area contributed by atoms with Crippen molar-refractivity contribution < 1.29 is 14.3 Å². The first kappa shape index (κ1) is 18.0. The van der Waals surface area contributed by atoms with Crippen LogP contribution in [0.2, 0.25) is 0 Å². The molecule has 3 atom stereocenters. The smallest absolute Gasteiger partial charge is 0.328 e. The van der Waals surface area contributed by atoms with Crippen LogP contribution in [0.25, 0.3) is 0 Å². The monoisotopic (exact) mass is 369 g/mol. The van der Waals surface area contributed by atoms with Gasteiger partial charge in [0.25, 0.3) is 5.91 Å². The van der Waals surface area contributed by atoms with Crippen molar-refractivity contribution in [2.24, 2.45) is 11.0 Å². The fraction of sp³-hybridized carbons (Fsp3) is 0.571. The van der Waals surface area contributed by atoms with E-state index in [0.29, 0.717) is 11.5 Å². The lowest BCUT2D eigenvalue weighted by Crippen LogP contribution is -2.46. The predicted octanol–water partition coefficient (Wildman–Crippen LogP) is 3.22. The van der Waals surface area contributed by atoms with Crippen molar-refractivity contribution >= 4 is 23.3 Å². The van der Waals surface area contributed by atoms with Crippen LogP contribution in [0.5, 0.6) is 0 Å². The third-order valence-corrected chi connectivity index (χ3v) is 6.18. The zero-order valence-electron chi connectivity index (χ0n) is 16.1. The van der Waals surface area contributed by atoms with Gasteiger partial charge in [-0.15, -0.1) is 0 Å². The number of methoxy groups -OCH3 is 1. The number of hydrogen-bond acceptors (Lipinski definition) is 5. The predicted molar refractivity (Wildman–Crippen MR) is 104 cm³/mol.